The molecule has 0 amide bonds. The van der Waals surface area contributed by atoms with Crippen molar-refractivity contribution in [2.45, 2.75) is 50.6 Å². The maximum Gasteiger partial charge on any atom is 0.199 e. The molecular weight excluding hydrogens is 360 g/mol. The Balaban J connectivity index is 1.34. The zero-order valence-electron chi connectivity index (χ0n) is 16.8. The average molecular weight is 389 g/mol. The summed E-state index contributed by atoms with van der Waals surface area (Å²) in [6.07, 6.45) is 6.26. The molecule has 0 saturated heterocycles. The fraction of sp³-hybridized carbons (Fsp3) is 0.440. The van der Waals surface area contributed by atoms with E-state index in [4.69, 9.17) is 19.5 Å². The van der Waals surface area contributed by atoms with E-state index in [-0.39, 0.29) is 17.5 Å². The summed E-state index contributed by atoms with van der Waals surface area (Å²) in [6, 6.07) is 21.5. The fourth-order valence-electron chi connectivity index (χ4n) is 4.83. The highest BCUT2D eigenvalue weighted by Gasteiger charge is 2.50. The number of hydrogen-bond acceptors (Lipinski definition) is 4. The number of nitrogens with zero attached hydrogens (tertiary/aromatic N) is 2. The summed E-state index contributed by atoms with van der Waals surface area (Å²) in [6.45, 7) is 1.32. The Morgan fingerprint density at radius 3 is 1.59 bits per heavy atom. The van der Waals surface area contributed by atoms with E-state index in [0.29, 0.717) is 13.2 Å². The van der Waals surface area contributed by atoms with E-state index in [1.165, 1.54) is 24.0 Å². The van der Waals surface area contributed by atoms with Crippen molar-refractivity contribution in [3.63, 3.8) is 0 Å². The summed E-state index contributed by atoms with van der Waals surface area (Å²) < 4.78 is 12.4. The Labute approximate surface area is 172 Å². The first kappa shape index (κ1) is 18.4. The molecule has 2 aromatic carbocycles. The number of benzene rings is 2. The smallest absolute Gasteiger partial charge is 0.199 e. The molecule has 29 heavy (non-hydrogen) atoms. The molecule has 5 rings (SSSR count). The van der Waals surface area contributed by atoms with Crippen LogP contribution in [0.2, 0.25) is 0 Å². The predicted molar refractivity (Wildman–Crippen MR) is 116 cm³/mol. The molecule has 0 radical (unpaired) electrons. The van der Waals surface area contributed by atoms with E-state index in [9.17, 15) is 0 Å². The van der Waals surface area contributed by atoms with Gasteiger partial charge >= 0.3 is 0 Å². The average Bonchev–Trinajstić information content (AvgIpc) is 3.51. The van der Waals surface area contributed by atoms with E-state index in [2.05, 4.69) is 60.7 Å². The topological polar surface area (TPSA) is 43.2 Å². The maximum atomic E-state index is 6.18. The molecule has 2 heterocycles. The zero-order chi connectivity index (χ0) is 19.5. The standard InChI is InChI=1S/C25H28N2O2/c1-3-9-19(10-4-1)15-21-17-28-23(26-21)25(13-7-8-14-25)24-27-22(18-29-24)16-20-11-5-2-6-12-20/h1-6,9-12,21-22H,7-8,13-18H2. The van der Waals surface area contributed by atoms with Crippen molar-refractivity contribution in [1.82, 2.24) is 0 Å². The Hall–Kier alpha value is -2.62. The van der Waals surface area contributed by atoms with Gasteiger partial charge in [-0.2, -0.15) is 0 Å². The van der Waals surface area contributed by atoms with Crippen molar-refractivity contribution in [1.29, 1.82) is 0 Å². The summed E-state index contributed by atoms with van der Waals surface area (Å²) in [5.74, 6) is 1.74. The van der Waals surface area contributed by atoms with Gasteiger partial charge in [-0.05, 0) is 36.8 Å². The Kier molecular flexibility index (Phi) is 5.09. The minimum absolute atomic E-state index is 0.187. The summed E-state index contributed by atoms with van der Waals surface area (Å²) in [5, 5.41) is 0. The van der Waals surface area contributed by atoms with Crippen LogP contribution in [0.25, 0.3) is 0 Å². The Morgan fingerprint density at radius 1 is 0.690 bits per heavy atom. The highest BCUT2D eigenvalue weighted by Crippen LogP contribution is 2.44. The van der Waals surface area contributed by atoms with E-state index < -0.39 is 0 Å². The van der Waals surface area contributed by atoms with Crippen molar-refractivity contribution in [3.8, 4) is 0 Å². The van der Waals surface area contributed by atoms with Gasteiger partial charge in [-0.3, -0.25) is 0 Å². The monoisotopic (exact) mass is 388 g/mol. The molecule has 0 spiro atoms. The van der Waals surface area contributed by atoms with Crippen molar-refractivity contribution < 1.29 is 9.47 Å². The first-order chi connectivity index (χ1) is 14.3. The van der Waals surface area contributed by atoms with Crippen LogP contribution in [-0.4, -0.2) is 37.1 Å². The molecule has 4 nitrogen and oxygen atoms in total. The molecule has 150 valence electrons. The van der Waals surface area contributed by atoms with Crippen LogP contribution < -0.4 is 0 Å². The number of rotatable bonds is 6. The van der Waals surface area contributed by atoms with Crippen LogP contribution in [0, 0.1) is 5.41 Å². The minimum atomic E-state index is -0.239. The van der Waals surface area contributed by atoms with Gasteiger partial charge in [0.1, 0.15) is 18.6 Å². The maximum absolute atomic E-state index is 6.18. The molecule has 4 heteroatoms. The third kappa shape index (κ3) is 3.81. The number of hydrogen-bond donors (Lipinski definition) is 0. The van der Waals surface area contributed by atoms with Gasteiger partial charge in [0.2, 0.25) is 0 Å². The van der Waals surface area contributed by atoms with Gasteiger partial charge in [0, 0.05) is 0 Å². The molecule has 3 aliphatic rings. The lowest BCUT2D eigenvalue weighted by molar-refractivity contribution is 0.252. The van der Waals surface area contributed by atoms with Crippen molar-refractivity contribution >= 4 is 11.8 Å². The lowest BCUT2D eigenvalue weighted by Gasteiger charge is -2.26. The van der Waals surface area contributed by atoms with Crippen LogP contribution in [-0.2, 0) is 22.3 Å². The van der Waals surface area contributed by atoms with E-state index in [1.807, 2.05) is 0 Å². The predicted octanol–water partition coefficient (Wildman–Crippen LogP) is 4.63. The van der Waals surface area contributed by atoms with Gasteiger partial charge in [0.05, 0.1) is 12.1 Å². The van der Waals surface area contributed by atoms with Gasteiger partial charge in [-0.1, -0.05) is 73.5 Å². The van der Waals surface area contributed by atoms with Crippen LogP contribution in [0.3, 0.4) is 0 Å². The molecule has 0 N–H and O–H groups in total. The van der Waals surface area contributed by atoms with Crippen LogP contribution >= 0.6 is 0 Å². The van der Waals surface area contributed by atoms with Gasteiger partial charge in [-0.15, -0.1) is 0 Å². The van der Waals surface area contributed by atoms with Crippen LogP contribution in [0.15, 0.2) is 70.6 Å². The van der Waals surface area contributed by atoms with Crippen molar-refractivity contribution in [2.24, 2.45) is 15.4 Å². The second kappa shape index (κ2) is 8.02. The third-order valence-corrected chi connectivity index (χ3v) is 6.33. The molecule has 2 aliphatic heterocycles. The van der Waals surface area contributed by atoms with Gasteiger partial charge < -0.3 is 9.47 Å². The van der Waals surface area contributed by atoms with Gasteiger partial charge in [0.15, 0.2) is 11.8 Å². The SMILES string of the molecule is c1ccc(CC2COC(C3(C4=NC(Cc5ccccc5)CO4)CCCC3)=N2)cc1. The molecule has 2 aromatic rings. The van der Waals surface area contributed by atoms with Crippen LogP contribution in [0.5, 0.6) is 0 Å². The fourth-order valence-corrected chi connectivity index (χ4v) is 4.83. The first-order valence-electron chi connectivity index (χ1n) is 10.8. The highest BCUT2D eigenvalue weighted by atomic mass is 16.5. The van der Waals surface area contributed by atoms with Crippen molar-refractivity contribution in [2.75, 3.05) is 13.2 Å². The summed E-state index contributed by atoms with van der Waals surface area (Å²) in [4.78, 5) is 10.0. The second-order valence-electron chi connectivity index (χ2n) is 8.47. The van der Waals surface area contributed by atoms with E-state index >= 15 is 0 Å². The van der Waals surface area contributed by atoms with Gasteiger partial charge in [0.25, 0.3) is 0 Å². The quantitative estimate of drug-likeness (QED) is 0.724. The number of aliphatic imine (C=N–C) groups is 2. The minimum Gasteiger partial charge on any atom is -0.478 e. The second-order valence-corrected chi connectivity index (χ2v) is 8.47. The molecule has 1 fully saturated rings. The summed E-state index contributed by atoms with van der Waals surface area (Å²) in [7, 11) is 0. The number of ether oxygens (including phenoxy) is 2. The Bertz CT molecular complexity index is 816. The highest BCUT2D eigenvalue weighted by molar-refractivity contribution is 6.06. The Morgan fingerprint density at radius 2 is 1.14 bits per heavy atom. The normalized spacial score (nSPS) is 25.2. The van der Waals surface area contributed by atoms with Gasteiger partial charge in [-0.25, -0.2) is 9.98 Å². The molecule has 1 aliphatic carbocycles. The molecular formula is C25H28N2O2. The summed E-state index contributed by atoms with van der Waals surface area (Å²) in [5.41, 5.74) is 2.38. The molecule has 0 bridgehead atoms. The lowest BCUT2D eigenvalue weighted by Crippen LogP contribution is -2.37. The van der Waals surface area contributed by atoms with Crippen LogP contribution in [0.4, 0.5) is 0 Å². The molecule has 2 atom stereocenters. The first-order valence-corrected chi connectivity index (χ1v) is 10.8. The third-order valence-electron chi connectivity index (χ3n) is 6.33. The largest absolute Gasteiger partial charge is 0.478 e. The molecule has 0 aromatic heterocycles. The van der Waals surface area contributed by atoms with Crippen LogP contribution in [0.1, 0.15) is 36.8 Å². The lowest BCUT2D eigenvalue weighted by atomic mass is 9.85. The summed E-state index contributed by atoms with van der Waals surface area (Å²) >= 11 is 0. The molecule has 1 saturated carbocycles. The zero-order valence-corrected chi connectivity index (χ0v) is 16.8. The van der Waals surface area contributed by atoms with E-state index in [0.717, 1.165) is 37.5 Å². The van der Waals surface area contributed by atoms with Crippen molar-refractivity contribution in [3.05, 3.63) is 71.8 Å². The molecule has 2 unspecified atom stereocenters. The van der Waals surface area contributed by atoms with E-state index in [1.54, 1.807) is 0 Å².